The number of amides is 1. The summed E-state index contributed by atoms with van der Waals surface area (Å²) in [6.07, 6.45) is -3.04. The standard InChI is InChI=1S/C29H25F3N2O3S2/c1-18-4-2-5-25(27(18)20-7-10-23(11-8-20)29(30,31)32)28(35)34-24-12-9-21-14-19(15-22(21)16-24)17-33-39(36,37)26-6-3-13-38-26/h2-13,16,19,33H,14-15,17H2,1H3,(H,34,35). The van der Waals surface area contributed by atoms with Gasteiger partial charge in [0.15, 0.2) is 0 Å². The van der Waals surface area contributed by atoms with Crippen LogP contribution in [0.25, 0.3) is 11.1 Å². The Balaban J connectivity index is 1.30. The zero-order valence-electron chi connectivity index (χ0n) is 20.9. The number of hydrogen-bond donors (Lipinski definition) is 2. The van der Waals surface area contributed by atoms with Gasteiger partial charge in [-0.05, 0) is 95.3 Å². The summed E-state index contributed by atoms with van der Waals surface area (Å²) in [5.41, 5.74) is 4.21. The molecular weight excluding hydrogens is 545 g/mol. The fourth-order valence-corrected chi connectivity index (χ4v) is 7.06. The van der Waals surface area contributed by atoms with Crippen molar-refractivity contribution in [3.05, 3.63) is 106 Å². The predicted molar refractivity (Wildman–Crippen MR) is 146 cm³/mol. The minimum absolute atomic E-state index is 0.101. The maximum absolute atomic E-state index is 13.3. The smallest absolute Gasteiger partial charge is 0.322 e. The highest BCUT2D eigenvalue weighted by molar-refractivity contribution is 7.91. The van der Waals surface area contributed by atoms with E-state index in [2.05, 4.69) is 10.0 Å². The molecule has 1 aliphatic carbocycles. The van der Waals surface area contributed by atoms with Gasteiger partial charge in [-0.15, -0.1) is 11.3 Å². The lowest BCUT2D eigenvalue weighted by Gasteiger charge is -2.15. The molecule has 39 heavy (non-hydrogen) atoms. The highest BCUT2D eigenvalue weighted by Crippen LogP contribution is 2.34. The van der Waals surface area contributed by atoms with E-state index >= 15 is 0 Å². The molecule has 1 atom stereocenters. The van der Waals surface area contributed by atoms with Crippen LogP contribution in [0.1, 0.15) is 32.6 Å². The van der Waals surface area contributed by atoms with Gasteiger partial charge in [0.05, 0.1) is 5.56 Å². The lowest BCUT2D eigenvalue weighted by molar-refractivity contribution is -0.137. The Morgan fingerprint density at radius 1 is 0.974 bits per heavy atom. The second kappa shape index (κ2) is 10.6. The van der Waals surface area contributed by atoms with Crippen molar-refractivity contribution in [2.75, 3.05) is 11.9 Å². The monoisotopic (exact) mass is 570 g/mol. The van der Waals surface area contributed by atoms with Gasteiger partial charge in [-0.25, -0.2) is 13.1 Å². The van der Waals surface area contributed by atoms with Crippen LogP contribution in [0.5, 0.6) is 0 Å². The normalized spacial score (nSPS) is 15.2. The summed E-state index contributed by atoms with van der Waals surface area (Å²) in [6, 6.07) is 18.9. The summed E-state index contributed by atoms with van der Waals surface area (Å²) < 4.78 is 67.0. The fourth-order valence-electron chi connectivity index (χ4n) is 4.91. The van der Waals surface area contributed by atoms with E-state index in [0.717, 1.165) is 35.2 Å². The molecule has 0 aliphatic heterocycles. The van der Waals surface area contributed by atoms with Gasteiger partial charge in [-0.1, -0.05) is 36.4 Å². The highest BCUT2D eigenvalue weighted by atomic mass is 32.2. The van der Waals surface area contributed by atoms with Gasteiger partial charge in [0, 0.05) is 17.8 Å². The van der Waals surface area contributed by atoms with E-state index in [1.165, 1.54) is 23.5 Å². The summed E-state index contributed by atoms with van der Waals surface area (Å²) in [5, 5.41) is 4.64. The first-order valence-electron chi connectivity index (χ1n) is 12.2. The molecule has 0 saturated heterocycles. The quantitative estimate of drug-likeness (QED) is 0.260. The van der Waals surface area contributed by atoms with Crippen molar-refractivity contribution in [3.63, 3.8) is 0 Å². The molecule has 5 rings (SSSR count). The molecule has 202 valence electrons. The van der Waals surface area contributed by atoms with E-state index in [1.54, 1.807) is 29.6 Å². The SMILES string of the molecule is Cc1cccc(C(=O)Nc2ccc3c(c2)CC(CNS(=O)(=O)c2cccs2)C3)c1-c1ccc(C(F)(F)F)cc1. The summed E-state index contributed by atoms with van der Waals surface area (Å²) in [5.74, 6) is -0.268. The van der Waals surface area contributed by atoms with E-state index in [0.29, 0.717) is 35.3 Å². The second-order valence-corrected chi connectivity index (χ2v) is 12.5. The van der Waals surface area contributed by atoms with Gasteiger partial charge in [0.25, 0.3) is 5.91 Å². The number of benzene rings is 3. The third kappa shape index (κ3) is 5.93. The Hall–Kier alpha value is -3.47. The van der Waals surface area contributed by atoms with Gasteiger partial charge >= 0.3 is 6.18 Å². The highest BCUT2D eigenvalue weighted by Gasteiger charge is 2.30. The molecule has 1 amide bonds. The number of halogens is 3. The molecule has 5 nitrogen and oxygen atoms in total. The summed E-state index contributed by atoms with van der Waals surface area (Å²) >= 11 is 1.17. The third-order valence-electron chi connectivity index (χ3n) is 6.82. The number of anilines is 1. The number of hydrogen-bond acceptors (Lipinski definition) is 4. The van der Waals surface area contributed by atoms with Crippen molar-refractivity contribution in [3.8, 4) is 11.1 Å². The lowest BCUT2D eigenvalue weighted by Crippen LogP contribution is -2.29. The van der Waals surface area contributed by atoms with Crippen molar-refractivity contribution in [1.82, 2.24) is 4.72 Å². The van der Waals surface area contributed by atoms with E-state index in [9.17, 15) is 26.4 Å². The number of fused-ring (bicyclic) bond motifs is 1. The Kier molecular flexibility index (Phi) is 7.37. The number of nitrogens with one attached hydrogen (secondary N) is 2. The molecule has 0 radical (unpaired) electrons. The number of thiophene rings is 1. The Labute approximate surface area is 228 Å². The van der Waals surface area contributed by atoms with Crippen LogP contribution in [-0.4, -0.2) is 20.9 Å². The largest absolute Gasteiger partial charge is 0.416 e. The Morgan fingerprint density at radius 3 is 2.41 bits per heavy atom. The summed E-state index contributed by atoms with van der Waals surface area (Å²) in [6.45, 7) is 2.13. The second-order valence-electron chi connectivity index (χ2n) is 9.57. The minimum atomic E-state index is -4.44. The molecule has 0 fully saturated rings. The molecule has 3 aromatic carbocycles. The average Bonchev–Trinajstić information content (AvgIpc) is 3.57. The van der Waals surface area contributed by atoms with Crippen LogP contribution in [0.3, 0.4) is 0 Å². The summed E-state index contributed by atoms with van der Waals surface area (Å²) in [4.78, 5) is 13.3. The molecule has 0 spiro atoms. The molecule has 0 bridgehead atoms. The van der Waals surface area contributed by atoms with Crippen molar-refractivity contribution in [2.24, 2.45) is 5.92 Å². The van der Waals surface area contributed by atoms with E-state index in [4.69, 9.17) is 0 Å². The van der Waals surface area contributed by atoms with Crippen molar-refractivity contribution in [2.45, 2.75) is 30.2 Å². The number of alkyl halides is 3. The molecule has 2 N–H and O–H groups in total. The topological polar surface area (TPSA) is 75.3 Å². The lowest BCUT2D eigenvalue weighted by atomic mass is 9.93. The van der Waals surface area contributed by atoms with Gasteiger partial charge in [-0.3, -0.25) is 4.79 Å². The molecule has 1 heterocycles. The fraction of sp³-hybridized carbons (Fsp3) is 0.207. The van der Waals surface area contributed by atoms with Gasteiger partial charge in [0.1, 0.15) is 4.21 Å². The molecule has 4 aromatic rings. The first-order valence-corrected chi connectivity index (χ1v) is 14.6. The molecule has 1 aromatic heterocycles. The first kappa shape index (κ1) is 27.1. The van der Waals surface area contributed by atoms with Crippen LogP contribution < -0.4 is 10.0 Å². The third-order valence-corrected chi connectivity index (χ3v) is 9.64. The molecule has 1 unspecified atom stereocenters. The zero-order chi connectivity index (χ0) is 27.8. The number of sulfonamides is 1. The van der Waals surface area contributed by atoms with Gasteiger partial charge in [-0.2, -0.15) is 13.2 Å². The first-order chi connectivity index (χ1) is 18.5. The summed E-state index contributed by atoms with van der Waals surface area (Å²) in [7, 11) is -3.53. The number of carbonyl (C=O) groups is 1. The van der Waals surface area contributed by atoms with Crippen LogP contribution in [0.4, 0.5) is 18.9 Å². The minimum Gasteiger partial charge on any atom is -0.322 e. The molecule has 1 aliphatic rings. The van der Waals surface area contributed by atoms with Gasteiger partial charge in [0.2, 0.25) is 10.0 Å². The van der Waals surface area contributed by atoms with Crippen molar-refractivity contribution in [1.29, 1.82) is 0 Å². The zero-order valence-corrected chi connectivity index (χ0v) is 22.5. The number of aryl methyl sites for hydroxylation is 1. The molecule has 10 heteroatoms. The van der Waals surface area contributed by atoms with E-state index in [1.807, 2.05) is 31.2 Å². The maximum atomic E-state index is 13.3. The van der Waals surface area contributed by atoms with Crippen LogP contribution in [-0.2, 0) is 29.0 Å². The van der Waals surface area contributed by atoms with Crippen LogP contribution >= 0.6 is 11.3 Å². The van der Waals surface area contributed by atoms with Crippen LogP contribution in [0.2, 0.25) is 0 Å². The number of rotatable bonds is 7. The van der Waals surface area contributed by atoms with E-state index in [-0.39, 0.29) is 16.0 Å². The van der Waals surface area contributed by atoms with Gasteiger partial charge < -0.3 is 5.32 Å². The molecular formula is C29H25F3N2O3S2. The van der Waals surface area contributed by atoms with E-state index < -0.39 is 21.8 Å². The van der Waals surface area contributed by atoms with Crippen LogP contribution in [0.15, 0.2) is 82.4 Å². The average molecular weight is 571 g/mol. The Bertz CT molecular complexity index is 1610. The van der Waals surface area contributed by atoms with Crippen molar-refractivity contribution < 1.29 is 26.4 Å². The van der Waals surface area contributed by atoms with Crippen LogP contribution in [0, 0.1) is 12.8 Å². The number of carbonyl (C=O) groups excluding carboxylic acids is 1. The van der Waals surface area contributed by atoms with Crippen molar-refractivity contribution >= 4 is 33.0 Å². The molecule has 0 saturated carbocycles. The Morgan fingerprint density at radius 2 is 1.72 bits per heavy atom. The maximum Gasteiger partial charge on any atom is 0.416 e. The predicted octanol–water partition coefficient (Wildman–Crippen LogP) is 6.69.